The average molecular weight is 230 g/mol. The van der Waals surface area contributed by atoms with Gasteiger partial charge in [0.1, 0.15) is 0 Å². The summed E-state index contributed by atoms with van der Waals surface area (Å²) < 4.78 is 1.08. The smallest absolute Gasteiger partial charge is 0.0604 e. The van der Waals surface area contributed by atoms with Crippen LogP contribution in [0.15, 0.2) is 22.7 Å². The lowest BCUT2D eigenvalue weighted by molar-refractivity contribution is 0.311. The summed E-state index contributed by atoms with van der Waals surface area (Å²) in [7, 11) is 0. The third-order valence-corrected chi connectivity index (χ3v) is 2.11. The van der Waals surface area contributed by atoms with E-state index in [9.17, 15) is 0 Å². The Morgan fingerprint density at radius 1 is 1.50 bits per heavy atom. The molecule has 0 heterocycles. The molecule has 0 atom stereocenters. The molecule has 2 N–H and O–H groups in total. The van der Waals surface area contributed by atoms with E-state index in [1.54, 1.807) is 0 Å². The molecule has 0 fully saturated rings. The topological polar surface area (TPSA) is 32.3 Å². The summed E-state index contributed by atoms with van der Waals surface area (Å²) in [6.07, 6.45) is 0. The van der Waals surface area contributed by atoms with Gasteiger partial charge in [0.05, 0.1) is 6.61 Å². The Morgan fingerprint density at radius 2 is 2.25 bits per heavy atom. The standard InChI is InChI=1S/C9H12BrNO/c1-7-6-8(10)2-3-9(7)11-4-5-12/h2-3,6,11-12H,4-5H2,1H3. The first-order valence-corrected chi connectivity index (χ1v) is 4.64. The van der Waals surface area contributed by atoms with Crippen LogP contribution in [0.4, 0.5) is 5.69 Å². The van der Waals surface area contributed by atoms with Gasteiger partial charge >= 0.3 is 0 Å². The number of hydrogen-bond donors (Lipinski definition) is 2. The van der Waals surface area contributed by atoms with Crippen LogP contribution in [0.2, 0.25) is 0 Å². The number of benzene rings is 1. The van der Waals surface area contributed by atoms with Gasteiger partial charge in [-0.1, -0.05) is 15.9 Å². The van der Waals surface area contributed by atoms with Crippen LogP contribution in [0, 0.1) is 6.92 Å². The maximum Gasteiger partial charge on any atom is 0.0604 e. The van der Waals surface area contributed by atoms with Crippen LogP contribution < -0.4 is 5.32 Å². The zero-order valence-corrected chi connectivity index (χ0v) is 8.56. The molecule has 12 heavy (non-hydrogen) atoms. The minimum atomic E-state index is 0.162. The second-order valence-electron chi connectivity index (χ2n) is 2.61. The van der Waals surface area contributed by atoms with E-state index < -0.39 is 0 Å². The molecule has 3 heteroatoms. The number of aryl methyl sites for hydroxylation is 1. The molecule has 0 saturated carbocycles. The van der Waals surface area contributed by atoms with Gasteiger partial charge in [0.2, 0.25) is 0 Å². The van der Waals surface area contributed by atoms with E-state index in [2.05, 4.69) is 21.2 Å². The Balaban J connectivity index is 2.72. The van der Waals surface area contributed by atoms with Crippen LogP contribution >= 0.6 is 15.9 Å². The fourth-order valence-corrected chi connectivity index (χ4v) is 1.49. The highest BCUT2D eigenvalue weighted by atomic mass is 79.9. The van der Waals surface area contributed by atoms with Crippen LogP contribution in [0.1, 0.15) is 5.56 Å². The molecule has 1 rings (SSSR count). The molecular weight excluding hydrogens is 218 g/mol. The molecule has 0 radical (unpaired) electrons. The summed E-state index contributed by atoms with van der Waals surface area (Å²) in [4.78, 5) is 0. The third-order valence-electron chi connectivity index (χ3n) is 1.62. The van der Waals surface area contributed by atoms with Crippen molar-refractivity contribution in [2.24, 2.45) is 0 Å². The highest BCUT2D eigenvalue weighted by molar-refractivity contribution is 9.10. The maximum atomic E-state index is 8.60. The monoisotopic (exact) mass is 229 g/mol. The number of halogens is 1. The molecule has 0 amide bonds. The molecule has 66 valence electrons. The van der Waals surface area contributed by atoms with E-state index in [4.69, 9.17) is 5.11 Å². The molecule has 0 aliphatic heterocycles. The summed E-state index contributed by atoms with van der Waals surface area (Å²) in [5, 5.41) is 11.7. The van der Waals surface area contributed by atoms with Gasteiger partial charge in [-0.05, 0) is 30.7 Å². The number of anilines is 1. The van der Waals surface area contributed by atoms with Gasteiger partial charge < -0.3 is 10.4 Å². The van der Waals surface area contributed by atoms with Crippen LogP contribution in [0.5, 0.6) is 0 Å². The van der Waals surface area contributed by atoms with Gasteiger partial charge in [0.25, 0.3) is 0 Å². The van der Waals surface area contributed by atoms with Gasteiger partial charge in [-0.3, -0.25) is 0 Å². The molecule has 0 unspecified atom stereocenters. The summed E-state index contributed by atoms with van der Waals surface area (Å²) >= 11 is 3.39. The van der Waals surface area contributed by atoms with E-state index in [1.807, 2.05) is 25.1 Å². The Bertz CT molecular complexity index is 263. The second kappa shape index (κ2) is 4.48. The summed E-state index contributed by atoms with van der Waals surface area (Å²) in [6, 6.07) is 6.02. The lowest BCUT2D eigenvalue weighted by atomic mass is 10.2. The fourth-order valence-electron chi connectivity index (χ4n) is 1.02. The lowest BCUT2D eigenvalue weighted by Crippen LogP contribution is -2.06. The molecule has 0 bridgehead atoms. The van der Waals surface area contributed by atoms with Crippen molar-refractivity contribution < 1.29 is 5.11 Å². The molecule has 0 saturated heterocycles. The zero-order valence-electron chi connectivity index (χ0n) is 6.97. The van der Waals surface area contributed by atoms with Gasteiger partial charge in [0.15, 0.2) is 0 Å². The number of aliphatic hydroxyl groups excluding tert-OH is 1. The van der Waals surface area contributed by atoms with Crippen molar-refractivity contribution in [2.75, 3.05) is 18.5 Å². The molecule has 2 nitrogen and oxygen atoms in total. The molecule has 1 aromatic rings. The second-order valence-corrected chi connectivity index (χ2v) is 3.53. The van der Waals surface area contributed by atoms with Crippen LogP contribution in [0.25, 0.3) is 0 Å². The first kappa shape index (κ1) is 9.55. The van der Waals surface area contributed by atoms with E-state index in [0.717, 1.165) is 10.2 Å². The molecule has 1 aromatic carbocycles. The summed E-state index contributed by atoms with van der Waals surface area (Å²) in [5.41, 5.74) is 2.25. The first-order valence-electron chi connectivity index (χ1n) is 3.85. The fraction of sp³-hybridized carbons (Fsp3) is 0.333. The molecular formula is C9H12BrNO. The molecule has 0 aliphatic rings. The van der Waals surface area contributed by atoms with Crippen molar-refractivity contribution in [1.82, 2.24) is 0 Å². The van der Waals surface area contributed by atoms with Crippen LogP contribution in [0.3, 0.4) is 0 Å². The Hall–Kier alpha value is -0.540. The SMILES string of the molecule is Cc1cc(Br)ccc1NCCO. The lowest BCUT2D eigenvalue weighted by Gasteiger charge is -2.07. The van der Waals surface area contributed by atoms with E-state index >= 15 is 0 Å². The summed E-state index contributed by atoms with van der Waals surface area (Å²) in [5.74, 6) is 0. The molecule has 0 spiro atoms. The van der Waals surface area contributed by atoms with Gasteiger partial charge in [-0.2, -0.15) is 0 Å². The van der Waals surface area contributed by atoms with Crippen molar-refractivity contribution in [3.8, 4) is 0 Å². The van der Waals surface area contributed by atoms with Crippen molar-refractivity contribution in [1.29, 1.82) is 0 Å². The Morgan fingerprint density at radius 3 is 2.83 bits per heavy atom. The third kappa shape index (κ3) is 2.50. The van der Waals surface area contributed by atoms with Gasteiger partial charge in [0, 0.05) is 16.7 Å². The van der Waals surface area contributed by atoms with Crippen molar-refractivity contribution in [2.45, 2.75) is 6.92 Å². The number of rotatable bonds is 3. The predicted molar refractivity (Wildman–Crippen MR) is 54.5 cm³/mol. The van der Waals surface area contributed by atoms with Crippen molar-refractivity contribution in [3.63, 3.8) is 0 Å². The minimum Gasteiger partial charge on any atom is -0.395 e. The number of aliphatic hydroxyl groups is 1. The highest BCUT2D eigenvalue weighted by Gasteiger charge is 1.96. The van der Waals surface area contributed by atoms with E-state index in [0.29, 0.717) is 6.54 Å². The quantitative estimate of drug-likeness (QED) is 0.833. The average Bonchev–Trinajstić information content (AvgIpc) is 2.03. The highest BCUT2D eigenvalue weighted by Crippen LogP contribution is 2.19. The maximum absolute atomic E-state index is 8.60. The normalized spacial score (nSPS) is 9.92. The van der Waals surface area contributed by atoms with Crippen LogP contribution in [-0.4, -0.2) is 18.3 Å². The predicted octanol–water partition coefficient (Wildman–Crippen LogP) is 2.16. The first-order chi connectivity index (χ1) is 5.74. The number of nitrogens with one attached hydrogen (secondary N) is 1. The zero-order chi connectivity index (χ0) is 8.97. The Labute approximate surface area is 80.7 Å². The van der Waals surface area contributed by atoms with Crippen molar-refractivity contribution >= 4 is 21.6 Å². The van der Waals surface area contributed by atoms with E-state index in [1.165, 1.54) is 5.56 Å². The summed E-state index contributed by atoms with van der Waals surface area (Å²) in [6.45, 7) is 2.79. The minimum absolute atomic E-state index is 0.162. The Kier molecular flexibility index (Phi) is 3.56. The molecule has 0 aromatic heterocycles. The molecule has 0 aliphatic carbocycles. The van der Waals surface area contributed by atoms with Gasteiger partial charge in [-0.25, -0.2) is 0 Å². The van der Waals surface area contributed by atoms with Crippen molar-refractivity contribution in [3.05, 3.63) is 28.2 Å². The number of hydrogen-bond acceptors (Lipinski definition) is 2. The van der Waals surface area contributed by atoms with Gasteiger partial charge in [-0.15, -0.1) is 0 Å². The van der Waals surface area contributed by atoms with E-state index in [-0.39, 0.29) is 6.61 Å². The van der Waals surface area contributed by atoms with Crippen LogP contribution in [-0.2, 0) is 0 Å². The largest absolute Gasteiger partial charge is 0.395 e.